The molecule has 0 saturated carbocycles. The van der Waals surface area contributed by atoms with Gasteiger partial charge in [-0.1, -0.05) is 23.4 Å². The number of pyridine rings is 1. The van der Waals surface area contributed by atoms with Crippen molar-refractivity contribution in [3.05, 3.63) is 59.9 Å². The molecule has 0 spiro atoms. The largest absolute Gasteiger partial charge is 0.353 e. The molecule has 4 rings (SSSR count). The normalized spacial score (nSPS) is 14.3. The Bertz CT molecular complexity index is 984. The number of nitrogens with zero attached hydrogens (tertiary/aromatic N) is 5. The van der Waals surface area contributed by atoms with Crippen molar-refractivity contribution < 1.29 is 13.7 Å². The van der Waals surface area contributed by atoms with Gasteiger partial charge in [0, 0.05) is 50.8 Å². The molecule has 3 aromatic rings. The third-order valence-electron chi connectivity index (χ3n) is 5.06. The lowest BCUT2D eigenvalue weighted by atomic mass is 10.1. The first-order valence-electron chi connectivity index (χ1n) is 9.63. The quantitative estimate of drug-likeness (QED) is 0.661. The van der Waals surface area contributed by atoms with E-state index < -0.39 is 0 Å². The van der Waals surface area contributed by atoms with Crippen molar-refractivity contribution in [2.45, 2.75) is 19.8 Å². The van der Waals surface area contributed by atoms with Crippen LogP contribution in [0.4, 0.5) is 10.2 Å². The van der Waals surface area contributed by atoms with E-state index in [1.165, 1.54) is 6.07 Å². The van der Waals surface area contributed by atoms with Gasteiger partial charge < -0.3 is 14.3 Å². The molecule has 0 atom stereocenters. The van der Waals surface area contributed by atoms with Gasteiger partial charge in [0.25, 0.3) is 0 Å². The molecule has 29 heavy (non-hydrogen) atoms. The zero-order valence-electron chi connectivity index (χ0n) is 16.2. The fourth-order valence-corrected chi connectivity index (χ4v) is 3.30. The third-order valence-corrected chi connectivity index (χ3v) is 5.06. The highest BCUT2D eigenvalue weighted by Crippen LogP contribution is 2.20. The Kier molecular flexibility index (Phi) is 5.50. The van der Waals surface area contributed by atoms with Gasteiger partial charge in [-0.2, -0.15) is 4.98 Å². The zero-order valence-corrected chi connectivity index (χ0v) is 16.2. The average molecular weight is 395 g/mol. The Hall–Kier alpha value is -3.29. The Labute approximate surface area is 168 Å². The SMILES string of the molecule is Cc1ccc(-c2noc(CCC(=O)N3CCN(c4ccccn4)CC3)n2)cc1F. The standard InChI is InChI=1S/C21H22FN5O2/c1-15-5-6-16(14-17(15)22)21-24-19(29-25-21)7-8-20(28)27-12-10-26(11-13-27)18-4-2-3-9-23-18/h2-6,9,14H,7-8,10-13H2,1H3. The molecule has 3 heterocycles. The smallest absolute Gasteiger partial charge is 0.227 e. The zero-order chi connectivity index (χ0) is 20.2. The van der Waals surface area contributed by atoms with Crippen LogP contribution >= 0.6 is 0 Å². The van der Waals surface area contributed by atoms with Crippen LogP contribution in [0.1, 0.15) is 17.9 Å². The van der Waals surface area contributed by atoms with Crippen LogP contribution in [0.2, 0.25) is 0 Å². The summed E-state index contributed by atoms with van der Waals surface area (Å²) in [5.74, 6) is 1.39. The van der Waals surface area contributed by atoms with Crippen LogP contribution in [0.25, 0.3) is 11.4 Å². The maximum atomic E-state index is 13.7. The molecule has 1 saturated heterocycles. The molecule has 1 aliphatic heterocycles. The number of amides is 1. The summed E-state index contributed by atoms with van der Waals surface area (Å²) in [6.07, 6.45) is 2.44. The van der Waals surface area contributed by atoms with E-state index in [0.717, 1.165) is 18.9 Å². The molecule has 0 aliphatic carbocycles. The van der Waals surface area contributed by atoms with E-state index in [2.05, 4.69) is 20.0 Å². The first-order valence-corrected chi connectivity index (χ1v) is 9.63. The molecule has 1 fully saturated rings. The summed E-state index contributed by atoms with van der Waals surface area (Å²) in [4.78, 5) is 25.2. The number of carbonyl (C=O) groups is 1. The van der Waals surface area contributed by atoms with Crippen LogP contribution in [-0.2, 0) is 11.2 Å². The molecule has 1 aliphatic rings. The molecule has 8 heteroatoms. The minimum atomic E-state index is -0.311. The van der Waals surface area contributed by atoms with E-state index in [1.807, 2.05) is 23.1 Å². The van der Waals surface area contributed by atoms with Crippen molar-refractivity contribution in [1.82, 2.24) is 20.0 Å². The van der Waals surface area contributed by atoms with E-state index in [9.17, 15) is 9.18 Å². The number of carbonyl (C=O) groups excluding carboxylic acids is 1. The average Bonchev–Trinajstić information content (AvgIpc) is 3.24. The van der Waals surface area contributed by atoms with Gasteiger partial charge in [-0.05, 0) is 30.7 Å². The van der Waals surface area contributed by atoms with Gasteiger partial charge in [0.15, 0.2) is 0 Å². The molecule has 0 N–H and O–H groups in total. The molecule has 0 radical (unpaired) electrons. The second-order valence-electron chi connectivity index (χ2n) is 7.03. The first kappa shape index (κ1) is 19.0. The minimum absolute atomic E-state index is 0.0619. The molecule has 2 aromatic heterocycles. The van der Waals surface area contributed by atoms with Gasteiger partial charge in [0.2, 0.25) is 17.6 Å². The van der Waals surface area contributed by atoms with Crippen LogP contribution in [0.3, 0.4) is 0 Å². The van der Waals surface area contributed by atoms with Gasteiger partial charge in [-0.25, -0.2) is 9.37 Å². The molecule has 1 aromatic carbocycles. The number of hydrogen-bond donors (Lipinski definition) is 0. The van der Waals surface area contributed by atoms with Crippen molar-refractivity contribution in [3.63, 3.8) is 0 Å². The number of benzene rings is 1. The summed E-state index contributed by atoms with van der Waals surface area (Å²) in [7, 11) is 0. The highest BCUT2D eigenvalue weighted by Gasteiger charge is 2.22. The number of rotatable bonds is 5. The fraction of sp³-hybridized carbons (Fsp3) is 0.333. The van der Waals surface area contributed by atoms with Gasteiger partial charge in [-0.3, -0.25) is 4.79 Å². The van der Waals surface area contributed by atoms with Crippen molar-refractivity contribution in [1.29, 1.82) is 0 Å². The number of halogens is 1. The monoisotopic (exact) mass is 395 g/mol. The van der Waals surface area contributed by atoms with Crippen molar-refractivity contribution >= 4 is 11.7 Å². The topological polar surface area (TPSA) is 75.4 Å². The number of anilines is 1. The highest BCUT2D eigenvalue weighted by atomic mass is 19.1. The van der Waals surface area contributed by atoms with Crippen LogP contribution in [0.5, 0.6) is 0 Å². The van der Waals surface area contributed by atoms with E-state index in [-0.39, 0.29) is 11.7 Å². The predicted molar refractivity (Wildman–Crippen MR) is 106 cm³/mol. The van der Waals surface area contributed by atoms with Crippen LogP contribution < -0.4 is 4.90 Å². The van der Waals surface area contributed by atoms with Crippen molar-refractivity contribution in [2.75, 3.05) is 31.1 Å². The molecular weight excluding hydrogens is 373 g/mol. The lowest BCUT2D eigenvalue weighted by Gasteiger charge is -2.35. The van der Waals surface area contributed by atoms with E-state index in [1.54, 1.807) is 25.3 Å². The van der Waals surface area contributed by atoms with Gasteiger partial charge >= 0.3 is 0 Å². The lowest BCUT2D eigenvalue weighted by Crippen LogP contribution is -2.49. The highest BCUT2D eigenvalue weighted by molar-refractivity contribution is 5.76. The maximum Gasteiger partial charge on any atom is 0.227 e. The molecular formula is C21H22FN5O2. The summed E-state index contributed by atoms with van der Waals surface area (Å²) in [5.41, 5.74) is 1.12. The Morgan fingerprint density at radius 1 is 1.17 bits per heavy atom. The van der Waals surface area contributed by atoms with Crippen molar-refractivity contribution in [2.24, 2.45) is 0 Å². The molecule has 1 amide bonds. The molecule has 0 bridgehead atoms. The lowest BCUT2D eigenvalue weighted by molar-refractivity contribution is -0.131. The molecule has 150 valence electrons. The van der Waals surface area contributed by atoms with Gasteiger partial charge in [0.05, 0.1) is 0 Å². The maximum absolute atomic E-state index is 13.7. The van der Waals surface area contributed by atoms with Crippen LogP contribution in [-0.4, -0.2) is 52.1 Å². The number of aryl methyl sites for hydroxylation is 2. The van der Waals surface area contributed by atoms with Gasteiger partial charge in [0.1, 0.15) is 11.6 Å². The summed E-state index contributed by atoms with van der Waals surface area (Å²) in [6.45, 7) is 4.53. The third kappa shape index (κ3) is 4.42. The number of piperazine rings is 1. The second kappa shape index (κ2) is 8.38. The molecule has 7 nitrogen and oxygen atoms in total. The second-order valence-corrected chi connectivity index (χ2v) is 7.03. The minimum Gasteiger partial charge on any atom is -0.353 e. The van der Waals surface area contributed by atoms with E-state index >= 15 is 0 Å². The Morgan fingerprint density at radius 2 is 2.00 bits per heavy atom. The fourth-order valence-electron chi connectivity index (χ4n) is 3.30. The Balaban J connectivity index is 1.29. The number of hydrogen-bond acceptors (Lipinski definition) is 6. The summed E-state index contributed by atoms with van der Waals surface area (Å²) >= 11 is 0. The van der Waals surface area contributed by atoms with Crippen LogP contribution in [0.15, 0.2) is 47.1 Å². The van der Waals surface area contributed by atoms with Gasteiger partial charge in [-0.15, -0.1) is 0 Å². The summed E-state index contributed by atoms with van der Waals surface area (Å²) < 4.78 is 19.0. The van der Waals surface area contributed by atoms with Crippen LogP contribution in [0, 0.1) is 12.7 Å². The Morgan fingerprint density at radius 3 is 2.72 bits per heavy atom. The van der Waals surface area contributed by atoms with E-state index in [0.29, 0.717) is 48.8 Å². The van der Waals surface area contributed by atoms with E-state index in [4.69, 9.17) is 4.52 Å². The molecule has 0 unspecified atom stereocenters. The van der Waals surface area contributed by atoms with Crippen molar-refractivity contribution in [3.8, 4) is 11.4 Å². The summed E-state index contributed by atoms with van der Waals surface area (Å²) in [5, 5.41) is 3.90. The number of aromatic nitrogens is 3. The summed E-state index contributed by atoms with van der Waals surface area (Å²) in [6, 6.07) is 10.6. The predicted octanol–water partition coefficient (Wildman–Crippen LogP) is 2.86. The first-order chi connectivity index (χ1) is 14.1.